The van der Waals surface area contributed by atoms with E-state index < -0.39 is 0 Å². The van der Waals surface area contributed by atoms with Crippen LogP contribution in [0.1, 0.15) is 38.2 Å². The molecule has 1 fully saturated rings. The predicted octanol–water partition coefficient (Wildman–Crippen LogP) is 3.13. The molecule has 1 saturated carbocycles. The summed E-state index contributed by atoms with van der Waals surface area (Å²) in [6, 6.07) is 5.20. The van der Waals surface area contributed by atoms with E-state index >= 15 is 0 Å². The molecule has 90 valence electrons. The third kappa shape index (κ3) is 1.97. The summed E-state index contributed by atoms with van der Waals surface area (Å²) >= 11 is 0. The number of hydrogen-bond donors (Lipinski definition) is 1. The smallest absolute Gasteiger partial charge is 0.143 e. The van der Waals surface area contributed by atoms with E-state index in [0.717, 1.165) is 24.8 Å². The first-order chi connectivity index (χ1) is 8.14. The van der Waals surface area contributed by atoms with Gasteiger partial charge in [-0.25, -0.2) is 0 Å². The number of aliphatic imine (C=N–C) groups is 1. The van der Waals surface area contributed by atoms with E-state index in [-0.39, 0.29) is 11.2 Å². The Balaban J connectivity index is 2.34. The van der Waals surface area contributed by atoms with Crippen LogP contribution < -0.4 is 0 Å². The van der Waals surface area contributed by atoms with Gasteiger partial charge in [-0.2, -0.15) is 0 Å². The highest BCUT2D eigenvalue weighted by Gasteiger charge is 2.50. The second-order valence-electron chi connectivity index (χ2n) is 4.62. The van der Waals surface area contributed by atoms with E-state index in [4.69, 9.17) is 0 Å². The van der Waals surface area contributed by atoms with Crippen molar-refractivity contribution in [3.63, 3.8) is 0 Å². The molecule has 2 rings (SSSR count). The maximum atomic E-state index is 12.1. The van der Waals surface area contributed by atoms with Crippen molar-refractivity contribution < 1.29 is 9.90 Å². The number of benzene rings is 1. The maximum absolute atomic E-state index is 12.1. The third-order valence-electron chi connectivity index (χ3n) is 3.46. The zero-order valence-electron chi connectivity index (χ0n) is 10.1. The van der Waals surface area contributed by atoms with E-state index in [2.05, 4.69) is 11.7 Å². The lowest BCUT2D eigenvalue weighted by Gasteiger charge is -2.15. The number of phenols is 1. The molecule has 0 spiro atoms. The topological polar surface area (TPSA) is 49.7 Å². The van der Waals surface area contributed by atoms with Crippen molar-refractivity contribution in [2.24, 2.45) is 4.99 Å². The average molecular weight is 231 g/mol. The summed E-state index contributed by atoms with van der Waals surface area (Å²) in [7, 11) is 0. The molecule has 0 unspecified atom stereocenters. The fraction of sp³-hybridized carbons (Fsp3) is 0.429. The molecule has 0 aromatic heterocycles. The van der Waals surface area contributed by atoms with Gasteiger partial charge in [-0.3, -0.25) is 9.79 Å². The van der Waals surface area contributed by atoms with Gasteiger partial charge in [-0.15, -0.1) is 0 Å². The van der Waals surface area contributed by atoms with Crippen LogP contribution in [-0.4, -0.2) is 17.6 Å². The van der Waals surface area contributed by atoms with Crippen LogP contribution in [0.2, 0.25) is 0 Å². The molecule has 0 aliphatic heterocycles. The van der Waals surface area contributed by atoms with Crippen LogP contribution in [0.4, 0.5) is 5.69 Å². The molecular weight excluding hydrogens is 214 g/mol. The summed E-state index contributed by atoms with van der Waals surface area (Å²) in [5.41, 5.74) is 1.12. The number of phenolic OH excluding ortho intramolecular Hbond substituents is 1. The molecule has 0 radical (unpaired) electrons. The van der Waals surface area contributed by atoms with Crippen molar-refractivity contribution in [3.05, 3.63) is 23.8 Å². The van der Waals surface area contributed by atoms with Crippen LogP contribution in [0, 0.1) is 0 Å². The second kappa shape index (κ2) is 4.32. The van der Waals surface area contributed by atoms with Gasteiger partial charge in [0.2, 0.25) is 0 Å². The fourth-order valence-corrected chi connectivity index (χ4v) is 2.27. The van der Waals surface area contributed by atoms with Crippen molar-refractivity contribution in [1.82, 2.24) is 0 Å². The third-order valence-corrected chi connectivity index (χ3v) is 3.46. The number of hydrogen-bond acceptors (Lipinski definition) is 3. The summed E-state index contributed by atoms with van der Waals surface area (Å²) in [5.74, 6) is 0.420. The largest absolute Gasteiger partial charge is 0.506 e. The average Bonchev–Trinajstić information content (AvgIpc) is 3.11. The van der Waals surface area contributed by atoms with E-state index in [1.807, 2.05) is 13.0 Å². The Morgan fingerprint density at radius 1 is 1.53 bits per heavy atom. The lowest BCUT2D eigenvalue weighted by molar-refractivity contribution is -0.121. The fourth-order valence-electron chi connectivity index (χ4n) is 2.27. The highest BCUT2D eigenvalue weighted by molar-refractivity contribution is 5.93. The molecule has 0 heterocycles. The van der Waals surface area contributed by atoms with Gasteiger partial charge in [-0.05, 0) is 43.7 Å². The Morgan fingerprint density at radius 2 is 2.24 bits per heavy atom. The number of ketones is 1. The molecule has 0 atom stereocenters. The molecule has 3 heteroatoms. The molecule has 1 aliphatic carbocycles. The maximum Gasteiger partial charge on any atom is 0.143 e. The molecule has 1 N–H and O–H groups in total. The Bertz CT molecular complexity index is 461. The molecule has 1 aromatic rings. The second-order valence-corrected chi connectivity index (χ2v) is 4.62. The minimum atomic E-state index is -0.302. The van der Waals surface area contributed by atoms with Crippen LogP contribution in [-0.2, 0) is 10.2 Å². The highest BCUT2D eigenvalue weighted by Crippen LogP contribution is 2.51. The monoisotopic (exact) mass is 231 g/mol. The molecule has 0 bridgehead atoms. The van der Waals surface area contributed by atoms with Crippen LogP contribution in [0.3, 0.4) is 0 Å². The standard InChI is InChI=1S/C14H17NO2/c1-3-4-13(17)14(7-8-14)10-5-6-12(16)11(9-10)15-2/h5-6,9,16H,2-4,7-8H2,1H3. The summed E-state index contributed by atoms with van der Waals surface area (Å²) in [6.45, 7) is 5.44. The molecule has 1 aliphatic rings. The Morgan fingerprint density at radius 3 is 2.76 bits per heavy atom. The minimum Gasteiger partial charge on any atom is -0.506 e. The summed E-state index contributed by atoms with van der Waals surface area (Å²) in [5, 5.41) is 9.54. The number of rotatable bonds is 5. The number of aromatic hydroxyl groups is 1. The summed E-state index contributed by atoms with van der Waals surface area (Å²) in [6.07, 6.45) is 3.32. The van der Waals surface area contributed by atoms with E-state index in [9.17, 15) is 9.90 Å². The lowest BCUT2D eigenvalue weighted by Crippen LogP contribution is -2.19. The first-order valence-corrected chi connectivity index (χ1v) is 5.97. The molecule has 0 amide bonds. The van der Waals surface area contributed by atoms with Crippen molar-refractivity contribution in [2.75, 3.05) is 0 Å². The predicted molar refractivity (Wildman–Crippen MR) is 68.1 cm³/mol. The van der Waals surface area contributed by atoms with Gasteiger partial charge in [0.25, 0.3) is 0 Å². The van der Waals surface area contributed by atoms with Crippen LogP contribution in [0.5, 0.6) is 5.75 Å². The SMILES string of the molecule is C=Nc1cc(C2(C(=O)CCC)CC2)ccc1O. The van der Waals surface area contributed by atoms with Crippen molar-refractivity contribution >= 4 is 18.2 Å². The number of nitrogens with zero attached hydrogens (tertiary/aromatic N) is 1. The highest BCUT2D eigenvalue weighted by atomic mass is 16.3. The van der Waals surface area contributed by atoms with Gasteiger partial charge in [-0.1, -0.05) is 13.0 Å². The summed E-state index contributed by atoms with van der Waals surface area (Å²) in [4.78, 5) is 15.9. The van der Waals surface area contributed by atoms with E-state index in [1.165, 1.54) is 0 Å². The van der Waals surface area contributed by atoms with Crippen molar-refractivity contribution in [3.8, 4) is 5.75 Å². The van der Waals surface area contributed by atoms with Gasteiger partial charge >= 0.3 is 0 Å². The van der Waals surface area contributed by atoms with Crippen LogP contribution in [0.15, 0.2) is 23.2 Å². The van der Waals surface area contributed by atoms with Gasteiger partial charge in [0.05, 0.1) is 5.41 Å². The van der Waals surface area contributed by atoms with Crippen LogP contribution in [0.25, 0.3) is 0 Å². The molecule has 0 saturated heterocycles. The zero-order chi connectivity index (χ0) is 12.5. The van der Waals surface area contributed by atoms with Gasteiger partial charge in [0, 0.05) is 6.42 Å². The van der Waals surface area contributed by atoms with E-state index in [0.29, 0.717) is 17.9 Å². The first-order valence-electron chi connectivity index (χ1n) is 5.97. The van der Waals surface area contributed by atoms with Gasteiger partial charge < -0.3 is 5.11 Å². The van der Waals surface area contributed by atoms with Gasteiger partial charge in [0.15, 0.2) is 0 Å². The lowest BCUT2D eigenvalue weighted by atomic mass is 9.89. The zero-order valence-corrected chi connectivity index (χ0v) is 10.1. The molecule has 17 heavy (non-hydrogen) atoms. The Labute approximate surface area is 101 Å². The van der Waals surface area contributed by atoms with Gasteiger partial charge in [0.1, 0.15) is 17.2 Å². The molecular formula is C14H17NO2. The summed E-state index contributed by atoms with van der Waals surface area (Å²) < 4.78 is 0. The van der Waals surface area contributed by atoms with Crippen LogP contribution >= 0.6 is 0 Å². The quantitative estimate of drug-likeness (QED) is 0.791. The normalized spacial score (nSPS) is 16.5. The molecule has 1 aromatic carbocycles. The Hall–Kier alpha value is -1.64. The first kappa shape index (κ1) is 11.8. The molecule has 3 nitrogen and oxygen atoms in total. The van der Waals surface area contributed by atoms with Crippen molar-refractivity contribution in [2.45, 2.75) is 38.0 Å². The minimum absolute atomic E-state index is 0.113. The number of Topliss-reactive ketones (excluding diaryl/α,β-unsaturated/α-hetero) is 1. The van der Waals surface area contributed by atoms with E-state index in [1.54, 1.807) is 12.1 Å². The Kier molecular flexibility index (Phi) is 3.01. The van der Waals surface area contributed by atoms with Crippen molar-refractivity contribution in [1.29, 1.82) is 0 Å². The number of carbonyl (C=O) groups is 1. The number of carbonyl (C=O) groups excluding carboxylic acids is 1.